The average molecular weight is 376 g/mol. The second-order valence-electron chi connectivity index (χ2n) is 6.64. The molecular weight excluding hydrogens is 350 g/mol. The fourth-order valence-electron chi connectivity index (χ4n) is 2.91. The third-order valence-electron chi connectivity index (χ3n) is 4.59. The summed E-state index contributed by atoms with van der Waals surface area (Å²) in [7, 11) is 3.21. The summed E-state index contributed by atoms with van der Waals surface area (Å²) in [6.45, 7) is 6.99. The Morgan fingerprint density at radius 2 is 1.65 bits per heavy atom. The third-order valence-corrected chi connectivity index (χ3v) is 4.84. The smallest absolute Gasteiger partial charge is 0.232 e. The van der Waals surface area contributed by atoms with Crippen LogP contribution in [0.3, 0.4) is 0 Å². The second kappa shape index (κ2) is 8.45. The van der Waals surface area contributed by atoms with E-state index in [4.69, 9.17) is 21.1 Å². The molecule has 2 aromatic carbocycles. The van der Waals surface area contributed by atoms with Gasteiger partial charge >= 0.3 is 0 Å². The number of carbonyl (C=O) groups is 1. The zero-order valence-electron chi connectivity index (χ0n) is 16.0. The van der Waals surface area contributed by atoms with E-state index >= 15 is 0 Å². The van der Waals surface area contributed by atoms with Gasteiger partial charge in [0.1, 0.15) is 0 Å². The highest BCUT2D eigenvalue weighted by molar-refractivity contribution is 6.30. The van der Waals surface area contributed by atoms with Gasteiger partial charge in [0.05, 0.1) is 19.6 Å². The maximum Gasteiger partial charge on any atom is 0.232 e. The number of hydrogen-bond donors (Lipinski definition) is 0. The summed E-state index contributed by atoms with van der Waals surface area (Å²) in [5, 5.41) is 0.662. The first-order valence-electron chi connectivity index (χ1n) is 8.59. The Balaban J connectivity index is 2.24. The molecule has 1 amide bonds. The normalized spacial score (nSPS) is 11.2. The molecular formula is C21H26ClNO3. The first kappa shape index (κ1) is 20.1. The molecule has 0 aliphatic rings. The van der Waals surface area contributed by atoms with Crippen LogP contribution in [0.4, 0.5) is 0 Å². The molecule has 2 rings (SSSR count). The second-order valence-corrected chi connectivity index (χ2v) is 7.08. The first-order chi connectivity index (χ1) is 12.3. The van der Waals surface area contributed by atoms with E-state index < -0.39 is 5.41 Å². The molecule has 5 heteroatoms. The molecule has 140 valence electrons. The number of benzene rings is 2. The Kier molecular flexibility index (Phi) is 6.54. The molecule has 0 saturated carbocycles. The number of hydrogen-bond acceptors (Lipinski definition) is 3. The van der Waals surface area contributed by atoms with Gasteiger partial charge in [0.25, 0.3) is 0 Å². The van der Waals surface area contributed by atoms with Crippen molar-refractivity contribution in [3.05, 3.63) is 58.6 Å². The average Bonchev–Trinajstić information content (AvgIpc) is 2.65. The van der Waals surface area contributed by atoms with Crippen molar-refractivity contribution >= 4 is 17.5 Å². The zero-order valence-corrected chi connectivity index (χ0v) is 16.8. The van der Waals surface area contributed by atoms with Gasteiger partial charge in [-0.2, -0.15) is 0 Å². The van der Waals surface area contributed by atoms with Gasteiger partial charge in [-0.25, -0.2) is 0 Å². The molecule has 0 aliphatic carbocycles. The monoisotopic (exact) mass is 375 g/mol. The summed E-state index contributed by atoms with van der Waals surface area (Å²) >= 11 is 5.97. The number of halogens is 1. The standard InChI is InChI=1S/C21H26ClNO3/c1-6-23(14-15-7-12-18(25-4)19(13-15)26-5)20(24)21(2,3)16-8-10-17(22)11-9-16/h7-13H,6,14H2,1-5H3. The van der Waals surface area contributed by atoms with Crippen molar-refractivity contribution in [1.29, 1.82) is 0 Å². The van der Waals surface area contributed by atoms with Crippen molar-refractivity contribution in [2.24, 2.45) is 0 Å². The summed E-state index contributed by atoms with van der Waals surface area (Å²) in [4.78, 5) is 15.0. The molecule has 4 nitrogen and oxygen atoms in total. The lowest BCUT2D eigenvalue weighted by Gasteiger charge is -2.32. The Hall–Kier alpha value is -2.20. The SMILES string of the molecule is CCN(Cc1ccc(OC)c(OC)c1)C(=O)C(C)(C)c1ccc(Cl)cc1. The number of amides is 1. The van der Waals surface area contributed by atoms with Crippen LogP contribution in [0.1, 0.15) is 31.9 Å². The summed E-state index contributed by atoms with van der Waals surface area (Å²) in [6, 6.07) is 13.2. The number of likely N-dealkylation sites (N-methyl/N-ethyl adjacent to an activating group) is 1. The van der Waals surface area contributed by atoms with Crippen LogP contribution in [0.25, 0.3) is 0 Å². The highest BCUT2D eigenvalue weighted by Crippen LogP contribution is 2.30. The van der Waals surface area contributed by atoms with Crippen molar-refractivity contribution in [2.45, 2.75) is 32.7 Å². The van der Waals surface area contributed by atoms with Crippen LogP contribution in [0.15, 0.2) is 42.5 Å². The minimum absolute atomic E-state index is 0.0668. The van der Waals surface area contributed by atoms with Crippen molar-refractivity contribution < 1.29 is 14.3 Å². The van der Waals surface area contributed by atoms with Crippen LogP contribution in [-0.2, 0) is 16.8 Å². The molecule has 0 heterocycles. The highest BCUT2D eigenvalue weighted by atomic mass is 35.5. The van der Waals surface area contributed by atoms with Gasteiger partial charge in [-0.3, -0.25) is 4.79 Å². The third kappa shape index (κ3) is 4.31. The number of carbonyl (C=O) groups excluding carboxylic acids is 1. The van der Waals surface area contributed by atoms with E-state index in [9.17, 15) is 4.79 Å². The lowest BCUT2D eigenvalue weighted by atomic mass is 9.83. The first-order valence-corrected chi connectivity index (χ1v) is 8.97. The van der Waals surface area contributed by atoms with Gasteiger partial charge in [0.15, 0.2) is 11.5 Å². The van der Waals surface area contributed by atoms with Crippen molar-refractivity contribution in [2.75, 3.05) is 20.8 Å². The fraction of sp³-hybridized carbons (Fsp3) is 0.381. The van der Waals surface area contributed by atoms with E-state index in [0.29, 0.717) is 29.6 Å². The number of nitrogens with zero attached hydrogens (tertiary/aromatic N) is 1. The molecule has 26 heavy (non-hydrogen) atoms. The van der Waals surface area contributed by atoms with Crippen LogP contribution in [-0.4, -0.2) is 31.6 Å². The van der Waals surface area contributed by atoms with Gasteiger partial charge < -0.3 is 14.4 Å². The van der Waals surface area contributed by atoms with E-state index in [2.05, 4.69) is 0 Å². The molecule has 0 N–H and O–H groups in total. The van der Waals surface area contributed by atoms with Gasteiger partial charge in [0, 0.05) is 18.1 Å². The Labute approximate surface area is 160 Å². The zero-order chi connectivity index (χ0) is 19.3. The van der Waals surface area contributed by atoms with Crippen LogP contribution in [0, 0.1) is 0 Å². The van der Waals surface area contributed by atoms with E-state index in [1.807, 2.05) is 68.1 Å². The summed E-state index contributed by atoms with van der Waals surface area (Å²) < 4.78 is 10.6. The molecule has 2 aromatic rings. The quantitative estimate of drug-likeness (QED) is 0.705. The van der Waals surface area contributed by atoms with Crippen molar-refractivity contribution in [1.82, 2.24) is 4.90 Å². The topological polar surface area (TPSA) is 38.8 Å². The van der Waals surface area contributed by atoms with E-state index in [1.54, 1.807) is 14.2 Å². The molecule has 0 radical (unpaired) electrons. The Bertz CT molecular complexity index is 756. The Morgan fingerprint density at radius 1 is 1.04 bits per heavy atom. The molecule has 0 aromatic heterocycles. The highest BCUT2D eigenvalue weighted by Gasteiger charge is 2.33. The van der Waals surface area contributed by atoms with Crippen LogP contribution in [0.5, 0.6) is 11.5 Å². The summed E-state index contributed by atoms with van der Waals surface area (Å²) in [6.07, 6.45) is 0. The van der Waals surface area contributed by atoms with E-state index in [-0.39, 0.29) is 5.91 Å². The molecule has 0 unspecified atom stereocenters. The molecule has 0 aliphatic heterocycles. The maximum absolute atomic E-state index is 13.2. The van der Waals surface area contributed by atoms with Crippen LogP contribution < -0.4 is 9.47 Å². The molecule has 0 saturated heterocycles. The summed E-state index contributed by atoms with van der Waals surface area (Å²) in [5.74, 6) is 1.40. The van der Waals surface area contributed by atoms with Crippen LogP contribution >= 0.6 is 11.6 Å². The Morgan fingerprint density at radius 3 is 2.19 bits per heavy atom. The predicted octanol–water partition coefficient (Wildman–Crippen LogP) is 4.68. The number of ether oxygens (including phenoxy) is 2. The van der Waals surface area contributed by atoms with Gasteiger partial charge in [0.2, 0.25) is 5.91 Å². The fourth-order valence-corrected chi connectivity index (χ4v) is 3.04. The largest absolute Gasteiger partial charge is 0.493 e. The van der Waals surface area contributed by atoms with Gasteiger partial charge in [-0.15, -0.1) is 0 Å². The minimum Gasteiger partial charge on any atom is -0.493 e. The molecule has 0 atom stereocenters. The van der Waals surface area contributed by atoms with Crippen LogP contribution in [0.2, 0.25) is 5.02 Å². The predicted molar refractivity (Wildman–Crippen MR) is 105 cm³/mol. The van der Waals surface area contributed by atoms with Gasteiger partial charge in [-0.05, 0) is 56.2 Å². The van der Waals surface area contributed by atoms with E-state index in [1.165, 1.54) is 0 Å². The van der Waals surface area contributed by atoms with Crippen molar-refractivity contribution in [3.8, 4) is 11.5 Å². The molecule has 0 bridgehead atoms. The maximum atomic E-state index is 13.2. The number of methoxy groups -OCH3 is 2. The summed E-state index contributed by atoms with van der Waals surface area (Å²) in [5.41, 5.74) is 1.29. The number of rotatable bonds is 7. The molecule has 0 fully saturated rings. The lowest BCUT2D eigenvalue weighted by Crippen LogP contribution is -2.43. The van der Waals surface area contributed by atoms with Gasteiger partial charge in [-0.1, -0.05) is 29.8 Å². The minimum atomic E-state index is -0.642. The van der Waals surface area contributed by atoms with Crippen molar-refractivity contribution in [3.63, 3.8) is 0 Å². The molecule has 0 spiro atoms. The lowest BCUT2D eigenvalue weighted by molar-refractivity contribution is -0.136. The van der Waals surface area contributed by atoms with E-state index in [0.717, 1.165) is 11.1 Å².